The molecule has 0 atom stereocenters. The zero-order valence-electron chi connectivity index (χ0n) is 13.8. The maximum Gasteiger partial charge on any atom is 0.170 e. The number of rotatable bonds is 5. The molecular weight excluding hydrogens is 315 g/mol. The van der Waals surface area contributed by atoms with Crippen molar-refractivity contribution in [1.29, 1.82) is 0 Å². The first kappa shape index (κ1) is 16.3. The lowest BCUT2D eigenvalue weighted by atomic mass is 10.2. The predicted octanol–water partition coefficient (Wildman–Crippen LogP) is 3.99. The molecule has 0 unspecified atom stereocenters. The normalized spacial score (nSPS) is 10.1. The molecule has 0 aliphatic heterocycles. The molecule has 0 spiro atoms. The maximum atomic E-state index is 5.56. The van der Waals surface area contributed by atoms with Crippen LogP contribution in [0.25, 0.3) is 0 Å². The Hall–Kier alpha value is -2.57. The summed E-state index contributed by atoms with van der Waals surface area (Å²) in [5, 5.41) is 2.60. The Kier molecular flexibility index (Phi) is 5.30. The lowest BCUT2D eigenvalue weighted by Gasteiger charge is -2.08. The van der Waals surface area contributed by atoms with E-state index >= 15 is 0 Å². The van der Waals surface area contributed by atoms with E-state index in [4.69, 9.17) is 9.47 Å². The van der Waals surface area contributed by atoms with Crippen molar-refractivity contribution >= 4 is 24.0 Å². The van der Waals surface area contributed by atoms with Gasteiger partial charge in [-0.3, -0.25) is 0 Å². The Morgan fingerprint density at radius 3 is 1.50 bits per heavy atom. The van der Waals surface area contributed by atoms with Crippen molar-refractivity contribution in [1.82, 2.24) is 0 Å². The number of ether oxygens (including phenoxy) is 2. The van der Waals surface area contributed by atoms with E-state index in [0.29, 0.717) is 0 Å². The van der Waals surface area contributed by atoms with Gasteiger partial charge in [0.1, 0.15) is 22.9 Å². The number of hydrogen-bond donors (Lipinski definition) is 0. The average Bonchev–Trinajstić information content (AvgIpc) is 2.67. The van der Waals surface area contributed by atoms with Crippen molar-refractivity contribution < 1.29 is 9.47 Å². The van der Waals surface area contributed by atoms with E-state index in [1.54, 1.807) is 14.2 Å². The zero-order chi connectivity index (χ0) is 16.8. The zero-order valence-corrected chi connectivity index (χ0v) is 14.7. The summed E-state index contributed by atoms with van der Waals surface area (Å²) in [6.45, 7) is 0. The summed E-state index contributed by atoms with van der Waals surface area (Å²) >= 11 is 0. The molecule has 0 aliphatic rings. The molecule has 120 valence electrons. The minimum atomic E-state index is -0.656. The summed E-state index contributed by atoms with van der Waals surface area (Å²) in [4.78, 5) is 0. The van der Waals surface area contributed by atoms with Gasteiger partial charge in [0.15, 0.2) is 18.2 Å². The summed E-state index contributed by atoms with van der Waals surface area (Å²) < 4.78 is 11.1. The molecule has 0 radical (unpaired) electrons. The molecule has 3 aromatic carbocycles. The van der Waals surface area contributed by atoms with Crippen LogP contribution in [-0.2, 0) is 0 Å². The van der Waals surface area contributed by atoms with E-state index in [1.165, 1.54) is 10.6 Å². The lowest BCUT2D eigenvalue weighted by Crippen LogP contribution is -2.09. The Labute approximate surface area is 144 Å². The van der Waals surface area contributed by atoms with Gasteiger partial charge in [-0.2, -0.15) is 0 Å². The molecule has 0 amide bonds. The van der Waals surface area contributed by atoms with Crippen LogP contribution >= 0.6 is 7.55 Å². The summed E-state index contributed by atoms with van der Waals surface area (Å²) in [6, 6.07) is 27.0. The largest absolute Gasteiger partial charge is 0.496 e. The third-order valence-electron chi connectivity index (χ3n) is 3.79. The van der Waals surface area contributed by atoms with Crippen LogP contribution in [0, 0.1) is 0 Å². The van der Waals surface area contributed by atoms with E-state index in [0.717, 1.165) is 17.1 Å². The van der Waals surface area contributed by atoms with Crippen molar-refractivity contribution in [3.05, 3.63) is 84.4 Å². The Morgan fingerprint density at radius 2 is 1.08 bits per heavy atom. The molecule has 0 bridgehead atoms. The van der Waals surface area contributed by atoms with Crippen LogP contribution in [0.5, 0.6) is 11.5 Å². The van der Waals surface area contributed by atoms with E-state index in [9.17, 15) is 0 Å². The quantitative estimate of drug-likeness (QED) is 0.657. The monoisotopic (exact) mass is 335 g/mol. The Morgan fingerprint density at radius 1 is 0.625 bits per heavy atom. The number of methoxy groups -OCH3 is 2. The standard InChI is InChI=1S/C21H20O2P/c1-22-20-14-9-15-21(23-2)19(20)16-24(17-10-5-3-6-11-17)18-12-7-4-8-13-18/h3-16H,1-2H3/q+1. The van der Waals surface area contributed by atoms with Crippen LogP contribution < -0.4 is 20.1 Å². The van der Waals surface area contributed by atoms with Gasteiger partial charge < -0.3 is 9.47 Å². The number of hydrogen-bond acceptors (Lipinski definition) is 2. The molecular formula is C21H20O2P+. The molecule has 3 aromatic rings. The second kappa shape index (κ2) is 7.81. The van der Waals surface area contributed by atoms with Gasteiger partial charge in [0.25, 0.3) is 0 Å². The van der Waals surface area contributed by atoms with Gasteiger partial charge in [0.05, 0.1) is 14.2 Å². The second-order valence-corrected chi connectivity index (χ2v) is 7.28. The van der Waals surface area contributed by atoms with Crippen LogP contribution in [0.1, 0.15) is 5.56 Å². The molecule has 3 rings (SSSR count). The van der Waals surface area contributed by atoms with Gasteiger partial charge in [-0.1, -0.05) is 42.5 Å². The van der Waals surface area contributed by atoms with Crippen molar-refractivity contribution in [2.45, 2.75) is 0 Å². The minimum absolute atomic E-state index is 0.656. The van der Waals surface area contributed by atoms with Gasteiger partial charge in [-0.25, -0.2) is 0 Å². The third kappa shape index (κ3) is 3.50. The molecule has 0 N–H and O–H groups in total. The summed E-state index contributed by atoms with van der Waals surface area (Å²) in [6.07, 6.45) is 0. The fourth-order valence-corrected chi connectivity index (χ4v) is 4.71. The van der Waals surface area contributed by atoms with Crippen molar-refractivity contribution in [3.63, 3.8) is 0 Å². The fourth-order valence-electron chi connectivity index (χ4n) is 2.61. The first-order valence-corrected chi connectivity index (χ1v) is 9.20. The first-order valence-electron chi connectivity index (χ1n) is 7.78. The van der Waals surface area contributed by atoms with E-state index < -0.39 is 7.55 Å². The van der Waals surface area contributed by atoms with Crippen molar-refractivity contribution in [2.24, 2.45) is 0 Å². The third-order valence-corrected chi connectivity index (χ3v) is 6.02. The van der Waals surface area contributed by atoms with Gasteiger partial charge in [0, 0.05) is 0 Å². The summed E-state index contributed by atoms with van der Waals surface area (Å²) in [5.41, 5.74) is 1.00. The Bertz CT molecular complexity index is 763. The summed E-state index contributed by atoms with van der Waals surface area (Å²) in [7, 11) is 2.73. The predicted molar refractivity (Wildman–Crippen MR) is 104 cm³/mol. The molecule has 3 heteroatoms. The summed E-state index contributed by atoms with van der Waals surface area (Å²) in [5.74, 6) is 3.93. The SMILES string of the molecule is COc1cccc(OC)c1C=[P+](c1ccccc1)c1ccccc1. The van der Waals surface area contributed by atoms with Crippen LogP contribution in [-0.4, -0.2) is 20.0 Å². The van der Waals surface area contributed by atoms with Crippen LogP contribution in [0.15, 0.2) is 78.9 Å². The van der Waals surface area contributed by atoms with E-state index in [-0.39, 0.29) is 0 Å². The minimum Gasteiger partial charge on any atom is -0.496 e. The highest BCUT2D eigenvalue weighted by Gasteiger charge is 2.21. The first-order chi connectivity index (χ1) is 11.8. The fraction of sp³-hybridized carbons (Fsp3) is 0.0952. The molecule has 2 nitrogen and oxygen atoms in total. The lowest BCUT2D eigenvalue weighted by molar-refractivity contribution is 0.393. The molecule has 0 heterocycles. The molecule has 24 heavy (non-hydrogen) atoms. The molecule has 0 saturated heterocycles. The molecule has 0 aliphatic carbocycles. The highest BCUT2D eigenvalue weighted by atomic mass is 31.1. The highest BCUT2D eigenvalue weighted by Crippen LogP contribution is 2.31. The number of benzene rings is 3. The Balaban J connectivity index is 2.22. The maximum absolute atomic E-state index is 5.56. The highest BCUT2D eigenvalue weighted by molar-refractivity contribution is 7.72. The smallest absolute Gasteiger partial charge is 0.170 e. The molecule has 0 saturated carbocycles. The van der Waals surface area contributed by atoms with E-state index in [1.807, 2.05) is 30.3 Å². The van der Waals surface area contributed by atoms with Crippen LogP contribution in [0.2, 0.25) is 0 Å². The van der Waals surface area contributed by atoms with Gasteiger partial charge in [0.2, 0.25) is 0 Å². The molecule has 0 fully saturated rings. The van der Waals surface area contributed by atoms with Crippen LogP contribution in [0.3, 0.4) is 0 Å². The van der Waals surface area contributed by atoms with Crippen molar-refractivity contribution in [3.8, 4) is 11.5 Å². The van der Waals surface area contributed by atoms with Gasteiger partial charge >= 0.3 is 0 Å². The van der Waals surface area contributed by atoms with Crippen molar-refractivity contribution in [2.75, 3.05) is 14.2 Å². The van der Waals surface area contributed by atoms with E-state index in [2.05, 4.69) is 54.3 Å². The average molecular weight is 335 g/mol. The van der Waals surface area contributed by atoms with Gasteiger partial charge in [-0.15, -0.1) is 0 Å². The van der Waals surface area contributed by atoms with Gasteiger partial charge in [-0.05, 0) is 36.4 Å². The second-order valence-electron chi connectivity index (χ2n) is 5.25. The van der Waals surface area contributed by atoms with Crippen LogP contribution in [0.4, 0.5) is 0 Å². The topological polar surface area (TPSA) is 18.5 Å². The molecule has 0 aromatic heterocycles.